The lowest BCUT2D eigenvalue weighted by Crippen LogP contribution is -2.42. The molecule has 0 amide bonds. The number of hydrogen-bond acceptors (Lipinski definition) is 5. The Hall–Kier alpha value is -2.04. The first kappa shape index (κ1) is 18.3. The second-order valence-electron chi connectivity index (χ2n) is 7.68. The number of carbonyl (C=O) groups excluding carboxylic acids is 2. The van der Waals surface area contributed by atoms with E-state index in [-0.39, 0.29) is 36.4 Å². The number of esters is 2. The molecule has 5 heteroatoms. The monoisotopic (exact) mass is 334 g/mol. The number of carbonyl (C=O) groups is 2. The molecule has 0 radical (unpaired) electrons. The molecular weight excluding hydrogens is 308 g/mol. The van der Waals surface area contributed by atoms with E-state index >= 15 is 0 Å². The van der Waals surface area contributed by atoms with E-state index in [0.29, 0.717) is 0 Å². The van der Waals surface area contributed by atoms with Crippen molar-refractivity contribution < 1.29 is 23.8 Å². The summed E-state index contributed by atoms with van der Waals surface area (Å²) in [6, 6.07) is 7.86. The van der Waals surface area contributed by atoms with E-state index < -0.39 is 11.9 Å². The topological polar surface area (TPSA) is 61.8 Å². The van der Waals surface area contributed by atoms with Crippen molar-refractivity contribution in [2.75, 3.05) is 20.3 Å². The van der Waals surface area contributed by atoms with Gasteiger partial charge in [0.25, 0.3) is 0 Å². The van der Waals surface area contributed by atoms with Crippen LogP contribution in [0.5, 0.6) is 5.75 Å². The smallest absolute Gasteiger partial charge is 0.317 e. The van der Waals surface area contributed by atoms with Gasteiger partial charge in [0.2, 0.25) is 0 Å². The molecule has 1 saturated heterocycles. The molecule has 0 spiro atoms. The molecule has 2 rings (SSSR count). The van der Waals surface area contributed by atoms with E-state index in [1.54, 1.807) is 7.11 Å². The first-order valence-electron chi connectivity index (χ1n) is 8.11. The van der Waals surface area contributed by atoms with Gasteiger partial charge in [-0.3, -0.25) is 9.59 Å². The van der Waals surface area contributed by atoms with Crippen molar-refractivity contribution in [3.63, 3.8) is 0 Å². The zero-order chi connectivity index (χ0) is 18.0. The molecule has 0 unspecified atom stereocenters. The van der Waals surface area contributed by atoms with Gasteiger partial charge in [-0.05, 0) is 17.7 Å². The molecule has 0 aliphatic carbocycles. The molecule has 1 aromatic carbocycles. The third-order valence-corrected chi connectivity index (χ3v) is 4.51. The van der Waals surface area contributed by atoms with Gasteiger partial charge >= 0.3 is 11.9 Å². The summed E-state index contributed by atoms with van der Waals surface area (Å²) in [5, 5.41) is 0. The highest BCUT2D eigenvalue weighted by atomic mass is 16.6. The Morgan fingerprint density at radius 3 is 1.79 bits per heavy atom. The predicted molar refractivity (Wildman–Crippen MR) is 89.8 cm³/mol. The molecule has 0 saturated carbocycles. The quantitative estimate of drug-likeness (QED) is 0.613. The Balaban J connectivity index is 2.42. The molecule has 132 valence electrons. The van der Waals surface area contributed by atoms with Crippen LogP contribution in [0.1, 0.15) is 45.6 Å². The van der Waals surface area contributed by atoms with Crippen LogP contribution in [0, 0.1) is 10.8 Å². The summed E-state index contributed by atoms with van der Waals surface area (Å²) < 4.78 is 15.9. The Morgan fingerprint density at radius 1 is 0.917 bits per heavy atom. The summed E-state index contributed by atoms with van der Waals surface area (Å²) in [6.45, 7) is 8.78. The minimum absolute atomic E-state index is 0.0228. The van der Waals surface area contributed by atoms with Gasteiger partial charge in [-0.15, -0.1) is 0 Å². The Bertz CT molecular complexity index is 571. The Labute approximate surface area is 143 Å². The largest absolute Gasteiger partial charge is 0.497 e. The molecule has 1 heterocycles. The fourth-order valence-electron chi connectivity index (χ4n) is 3.68. The van der Waals surface area contributed by atoms with Crippen LogP contribution in [0.3, 0.4) is 0 Å². The zero-order valence-electron chi connectivity index (χ0n) is 15.0. The second kappa shape index (κ2) is 6.83. The second-order valence-corrected chi connectivity index (χ2v) is 7.68. The normalized spacial score (nSPS) is 21.5. The van der Waals surface area contributed by atoms with Gasteiger partial charge in [0, 0.05) is 16.7 Å². The zero-order valence-corrected chi connectivity index (χ0v) is 15.0. The van der Waals surface area contributed by atoms with Crippen LogP contribution in [0.15, 0.2) is 24.3 Å². The summed E-state index contributed by atoms with van der Waals surface area (Å²) >= 11 is 0. The summed E-state index contributed by atoms with van der Waals surface area (Å²) in [5.74, 6) is -0.274. The van der Waals surface area contributed by atoms with Crippen molar-refractivity contribution in [1.29, 1.82) is 0 Å². The van der Waals surface area contributed by atoms with E-state index in [0.717, 1.165) is 11.3 Å². The van der Waals surface area contributed by atoms with Crippen molar-refractivity contribution in [1.82, 2.24) is 0 Å². The molecule has 0 aromatic heterocycles. The van der Waals surface area contributed by atoms with E-state index in [1.807, 2.05) is 24.3 Å². The minimum Gasteiger partial charge on any atom is -0.497 e. The Kier molecular flexibility index (Phi) is 5.21. The van der Waals surface area contributed by atoms with Crippen molar-refractivity contribution in [3.05, 3.63) is 29.8 Å². The summed E-state index contributed by atoms with van der Waals surface area (Å²) in [7, 11) is 1.63. The molecule has 1 aromatic rings. The molecule has 0 N–H and O–H groups in total. The molecular formula is C19H26O5. The number of rotatable bonds is 2. The third-order valence-electron chi connectivity index (χ3n) is 4.51. The van der Waals surface area contributed by atoms with Gasteiger partial charge in [0.15, 0.2) is 0 Å². The van der Waals surface area contributed by atoms with Crippen LogP contribution in [0.2, 0.25) is 0 Å². The molecule has 0 bridgehead atoms. The highest BCUT2D eigenvalue weighted by molar-refractivity contribution is 5.91. The SMILES string of the molecule is COc1ccc(C2C(C)(C)COC(=O)CC(=O)OCC2(C)C)cc1. The maximum atomic E-state index is 11.7. The van der Waals surface area contributed by atoms with Gasteiger partial charge in [0.05, 0.1) is 20.3 Å². The highest BCUT2D eigenvalue weighted by Gasteiger charge is 2.44. The lowest BCUT2D eigenvalue weighted by Gasteiger charge is -2.44. The van der Waals surface area contributed by atoms with Crippen molar-refractivity contribution >= 4 is 11.9 Å². The average Bonchev–Trinajstić information content (AvgIpc) is 2.51. The van der Waals surface area contributed by atoms with Crippen LogP contribution < -0.4 is 4.74 Å². The maximum Gasteiger partial charge on any atom is 0.317 e. The third kappa shape index (κ3) is 4.08. The lowest BCUT2D eigenvalue weighted by molar-refractivity contribution is -0.162. The van der Waals surface area contributed by atoms with E-state index in [1.165, 1.54) is 0 Å². The molecule has 5 nitrogen and oxygen atoms in total. The van der Waals surface area contributed by atoms with Gasteiger partial charge in [0.1, 0.15) is 12.2 Å². The first-order chi connectivity index (χ1) is 11.2. The Morgan fingerprint density at radius 2 is 1.38 bits per heavy atom. The fraction of sp³-hybridized carbons (Fsp3) is 0.579. The number of ether oxygens (including phenoxy) is 3. The van der Waals surface area contributed by atoms with Gasteiger partial charge < -0.3 is 14.2 Å². The number of methoxy groups -OCH3 is 1. The van der Waals surface area contributed by atoms with Crippen molar-refractivity contribution in [2.24, 2.45) is 10.8 Å². The standard InChI is InChI=1S/C19H26O5/c1-18(2)11-23-15(20)10-16(21)24-12-19(3,4)17(18)13-6-8-14(22-5)9-7-13/h6-9,17H,10-12H2,1-5H3. The van der Waals surface area contributed by atoms with E-state index in [4.69, 9.17) is 14.2 Å². The number of hydrogen-bond donors (Lipinski definition) is 0. The average molecular weight is 334 g/mol. The predicted octanol–water partition coefficient (Wildman–Crippen LogP) is 3.32. The summed E-state index contributed by atoms with van der Waals surface area (Å²) in [6.07, 6.45) is -0.334. The minimum atomic E-state index is -0.540. The lowest BCUT2D eigenvalue weighted by atomic mass is 9.62. The highest BCUT2D eigenvalue weighted by Crippen LogP contribution is 2.48. The molecule has 0 atom stereocenters. The van der Waals surface area contributed by atoms with Crippen LogP contribution in [-0.4, -0.2) is 32.3 Å². The summed E-state index contributed by atoms with van der Waals surface area (Å²) in [5.41, 5.74) is 0.452. The summed E-state index contributed by atoms with van der Waals surface area (Å²) in [4.78, 5) is 23.5. The van der Waals surface area contributed by atoms with Crippen molar-refractivity contribution in [3.8, 4) is 5.75 Å². The van der Waals surface area contributed by atoms with Gasteiger partial charge in [-0.1, -0.05) is 39.8 Å². The maximum absolute atomic E-state index is 11.7. The van der Waals surface area contributed by atoms with Crippen LogP contribution in [0.4, 0.5) is 0 Å². The fourth-order valence-corrected chi connectivity index (χ4v) is 3.68. The van der Waals surface area contributed by atoms with Crippen LogP contribution in [-0.2, 0) is 19.1 Å². The molecule has 1 aliphatic heterocycles. The number of benzene rings is 1. The first-order valence-corrected chi connectivity index (χ1v) is 8.11. The van der Waals surface area contributed by atoms with Crippen LogP contribution >= 0.6 is 0 Å². The molecule has 1 fully saturated rings. The van der Waals surface area contributed by atoms with Gasteiger partial charge in [-0.2, -0.15) is 0 Å². The van der Waals surface area contributed by atoms with Crippen molar-refractivity contribution in [2.45, 2.75) is 40.0 Å². The number of cyclic esters (lactones) is 2. The van der Waals surface area contributed by atoms with E-state index in [9.17, 15) is 9.59 Å². The van der Waals surface area contributed by atoms with Gasteiger partial charge in [-0.25, -0.2) is 0 Å². The van der Waals surface area contributed by atoms with E-state index in [2.05, 4.69) is 27.7 Å². The molecule has 24 heavy (non-hydrogen) atoms. The van der Waals surface area contributed by atoms with Crippen LogP contribution in [0.25, 0.3) is 0 Å². The molecule has 1 aliphatic rings.